The second-order valence-corrected chi connectivity index (χ2v) is 8.68. The Morgan fingerprint density at radius 2 is 1.74 bits per heavy atom. The van der Waals surface area contributed by atoms with E-state index >= 15 is 0 Å². The molecule has 0 aliphatic heterocycles. The van der Waals surface area contributed by atoms with Gasteiger partial charge in [-0.15, -0.1) is 0 Å². The van der Waals surface area contributed by atoms with Crippen molar-refractivity contribution in [1.82, 2.24) is 10.3 Å². The van der Waals surface area contributed by atoms with Crippen LogP contribution in [0.4, 0.5) is 0 Å². The number of aromatic nitrogens is 1. The van der Waals surface area contributed by atoms with Crippen molar-refractivity contribution in [3.63, 3.8) is 0 Å². The van der Waals surface area contributed by atoms with Gasteiger partial charge in [-0.1, -0.05) is 51.1 Å². The van der Waals surface area contributed by atoms with Gasteiger partial charge in [-0.2, -0.15) is 0 Å². The van der Waals surface area contributed by atoms with Gasteiger partial charge < -0.3 is 19.8 Å². The van der Waals surface area contributed by atoms with E-state index in [1.54, 1.807) is 6.92 Å². The summed E-state index contributed by atoms with van der Waals surface area (Å²) in [6.07, 6.45) is 1.40. The zero-order valence-electron chi connectivity index (χ0n) is 18.7. The van der Waals surface area contributed by atoms with E-state index in [1.807, 2.05) is 54.7 Å². The Labute approximate surface area is 182 Å². The Kier molecular flexibility index (Phi) is 6.68. The van der Waals surface area contributed by atoms with Gasteiger partial charge >= 0.3 is 5.97 Å². The van der Waals surface area contributed by atoms with E-state index in [0.717, 1.165) is 16.5 Å². The van der Waals surface area contributed by atoms with E-state index in [4.69, 9.17) is 9.47 Å². The van der Waals surface area contributed by atoms with Gasteiger partial charge in [-0.25, -0.2) is 4.79 Å². The number of carbonyl (C=O) groups excluding carboxylic acids is 2. The number of amides is 1. The fourth-order valence-electron chi connectivity index (χ4n) is 3.44. The van der Waals surface area contributed by atoms with Gasteiger partial charge in [0.25, 0.3) is 5.91 Å². The standard InChI is InChI=1S/C25H30N2O4/c1-16(31-19-12-10-18(11-13-19)25(2,3)4)23(28)27-22(24(29)30-5)14-17-15-26-21-9-7-6-8-20(17)21/h6-13,15-16,22,26H,14H2,1-5H3,(H,27,28)/t16?,22-/m1/s1. The number of nitrogens with one attached hydrogen (secondary N) is 2. The van der Waals surface area contributed by atoms with Crippen molar-refractivity contribution >= 4 is 22.8 Å². The van der Waals surface area contributed by atoms with E-state index in [9.17, 15) is 9.59 Å². The maximum Gasteiger partial charge on any atom is 0.328 e. The molecule has 0 radical (unpaired) electrons. The lowest BCUT2D eigenvalue weighted by Gasteiger charge is -2.21. The number of fused-ring (bicyclic) bond motifs is 1. The first-order valence-corrected chi connectivity index (χ1v) is 10.4. The topological polar surface area (TPSA) is 80.4 Å². The van der Waals surface area contributed by atoms with E-state index in [-0.39, 0.29) is 11.3 Å². The fourth-order valence-corrected chi connectivity index (χ4v) is 3.44. The van der Waals surface area contributed by atoms with Crippen molar-refractivity contribution in [3.05, 3.63) is 65.9 Å². The van der Waals surface area contributed by atoms with Crippen LogP contribution in [0.2, 0.25) is 0 Å². The molecule has 6 nitrogen and oxygen atoms in total. The molecule has 2 aromatic carbocycles. The van der Waals surface area contributed by atoms with Crippen LogP contribution in [-0.2, 0) is 26.2 Å². The molecular formula is C25H30N2O4. The number of rotatable bonds is 7. The molecule has 164 valence electrons. The lowest BCUT2D eigenvalue weighted by atomic mass is 9.87. The Morgan fingerprint density at radius 3 is 2.39 bits per heavy atom. The lowest BCUT2D eigenvalue weighted by Crippen LogP contribution is -2.47. The monoisotopic (exact) mass is 422 g/mol. The molecule has 0 bridgehead atoms. The number of hydrogen-bond donors (Lipinski definition) is 2. The molecule has 2 N–H and O–H groups in total. The van der Waals surface area contributed by atoms with Gasteiger partial charge in [0.15, 0.2) is 6.10 Å². The van der Waals surface area contributed by atoms with Crippen LogP contribution >= 0.6 is 0 Å². The highest BCUT2D eigenvalue weighted by Crippen LogP contribution is 2.25. The van der Waals surface area contributed by atoms with Gasteiger partial charge in [0, 0.05) is 23.5 Å². The van der Waals surface area contributed by atoms with Crippen LogP contribution in [0.5, 0.6) is 5.75 Å². The highest BCUT2D eigenvalue weighted by molar-refractivity contribution is 5.88. The van der Waals surface area contributed by atoms with Gasteiger partial charge in [-0.3, -0.25) is 4.79 Å². The quantitative estimate of drug-likeness (QED) is 0.561. The minimum atomic E-state index is -0.814. The minimum Gasteiger partial charge on any atom is -0.481 e. The van der Waals surface area contributed by atoms with Crippen LogP contribution in [0.15, 0.2) is 54.7 Å². The minimum absolute atomic E-state index is 0.0393. The third-order valence-corrected chi connectivity index (χ3v) is 5.30. The van der Waals surface area contributed by atoms with Crippen molar-refractivity contribution < 1.29 is 19.1 Å². The molecule has 0 aliphatic carbocycles. The summed E-state index contributed by atoms with van der Waals surface area (Å²) in [7, 11) is 1.31. The van der Waals surface area contributed by atoms with Crippen molar-refractivity contribution in [2.45, 2.75) is 51.7 Å². The van der Waals surface area contributed by atoms with Crippen molar-refractivity contribution in [3.8, 4) is 5.75 Å². The first-order valence-electron chi connectivity index (χ1n) is 10.4. The summed E-state index contributed by atoms with van der Waals surface area (Å²) >= 11 is 0. The average Bonchev–Trinajstić information content (AvgIpc) is 3.15. The normalized spacial score (nSPS) is 13.5. The first kappa shape index (κ1) is 22.4. The van der Waals surface area contributed by atoms with Gasteiger partial charge in [0.1, 0.15) is 11.8 Å². The predicted molar refractivity (Wildman–Crippen MR) is 121 cm³/mol. The number of carbonyl (C=O) groups is 2. The molecular weight excluding hydrogens is 392 g/mol. The van der Waals surface area contributed by atoms with Crippen LogP contribution in [0.1, 0.15) is 38.8 Å². The van der Waals surface area contributed by atoms with Crippen LogP contribution in [0, 0.1) is 0 Å². The third-order valence-electron chi connectivity index (χ3n) is 5.30. The smallest absolute Gasteiger partial charge is 0.328 e. The average molecular weight is 423 g/mol. The number of esters is 1. The molecule has 1 amide bonds. The Balaban J connectivity index is 1.68. The molecule has 0 aliphatic rings. The second kappa shape index (κ2) is 9.25. The number of ether oxygens (including phenoxy) is 2. The summed E-state index contributed by atoms with van der Waals surface area (Å²) in [6, 6.07) is 14.7. The van der Waals surface area contributed by atoms with Crippen LogP contribution in [-0.4, -0.2) is 36.1 Å². The highest BCUT2D eigenvalue weighted by atomic mass is 16.5. The van der Waals surface area contributed by atoms with E-state index in [2.05, 4.69) is 31.1 Å². The molecule has 0 spiro atoms. The second-order valence-electron chi connectivity index (χ2n) is 8.68. The summed E-state index contributed by atoms with van der Waals surface area (Å²) in [5.41, 5.74) is 3.12. The van der Waals surface area contributed by atoms with Crippen LogP contribution < -0.4 is 10.1 Å². The van der Waals surface area contributed by atoms with Crippen LogP contribution in [0.25, 0.3) is 10.9 Å². The van der Waals surface area contributed by atoms with Gasteiger partial charge in [0.2, 0.25) is 0 Å². The van der Waals surface area contributed by atoms with Crippen LogP contribution in [0.3, 0.4) is 0 Å². The Bertz CT molecular complexity index is 1050. The molecule has 6 heteroatoms. The van der Waals surface area contributed by atoms with Gasteiger partial charge in [0.05, 0.1) is 7.11 Å². The summed E-state index contributed by atoms with van der Waals surface area (Å²) in [5, 5.41) is 3.78. The molecule has 0 saturated heterocycles. The number of H-pyrrole nitrogens is 1. The zero-order valence-corrected chi connectivity index (χ0v) is 18.7. The zero-order chi connectivity index (χ0) is 22.6. The Morgan fingerprint density at radius 1 is 1.06 bits per heavy atom. The predicted octanol–water partition coefficient (Wildman–Crippen LogP) is 4.13. The number of hydrogen-bond acceptors (Lipinski definition) is 4. The molecule has 1 unspecified atom stereocenters. The molecule has 3 aromatic rings. The third kappa shape index (κ3) is 5.45. The largest absolute Gasteiger partial charge is 0.481 e. The van der Waals surface area contributed by atoms with Crippen molar-refractivity contribution in [1.29, 1.82) is 0 Å². The summed E-state index contributed by atoms with van der Waals surface area (Å²) in [5.74, 6) is -0.280. The Hall–Kier alpha value is -3.28. The number of benzene rings is 2. The molecule has 31 heavy (non-hydrogen) atoms. The summed E-state index contributed by atoms with van der Waals surface area (Å²) in [6.45, 7) is 8.08. The molecule has 1 heterocycles. The van der Waals surface area contributed by atoms with E-state index in [0.29, 0.717) is 12.2 Å². The number of methoxy groups -OCH3 is 1. The molecule has 0 fully saturated rings. The first-order chi connectivity index (χ1) is 14.7. The molecule has 3 rings (SSSR count). The van der Waals surface area contributed by atoms with E-state index < -0.39 is 18.1 Å². The SMILES string of the molecule is COC(=O)[C@@H](Cc1c[nH]c2ccccc12)NC(=O)C(C)Oc1ccc(C(C)(C)C)cc1. The van der Waals surface area contributed by atoms with Gasteiger partial charge in [-0.05, 0) is 41.7 Å². The molecule has 0 saturated carbocycles. The molecule has 1 aromatic heterocycles. The summed E-state index contributed by atoms with van der Waals surface area (Å²) in [4.78, 5) is 28.3. The number of aromatic amines is 1. The maximum absolute atomic E-state index is 12.7. The number of para-hydroxylation sites is 1. The van der Waals surface area contributed by atoms with E-state index in [1.165, 1.54) is 12.7 Å². The van der Waals surface area contributed by atoms with Crippen molar-refractivity contribution in [2.75, 3.05) is 7.11 Å². The fraction of sp³-hybridized carbons (Fsp3) is 0.360. The highest BCUT2D eigenvalue weighted by Gasteiger charge is 2.26. The maximum atomic E-state index is 12.7. The lowest BCUT2D eigenvalue weighted by molar-refractivity contribution is -0.145. The summed E-state index contributed by atoms with van der Waals surface area (Å²) < 4.78 is 10.7. The van der Waals surface area contributed by atoms with Crippen molar-refractivity contribution in [2.24, 2.45) is 0 Å². The molecule has 2 atom stereocenters.